The largest absolute Gasteiger partial charge is 0.480 e. The lowest BCUT2D eigenvalue weighted by molar-refractivity contribution is -0.141. The Morgan fingerprint density at radius 1 is 0.500 bits per heavy atom. The van der Waals surface area contributed by atoms with Crippen molar-refractivity contribution in [2.24, 2.45) is 0 Å². The van der Waals surface area contributed by atoms with Crippen LogP contribution >= 0.6 is 0 Å². The van der Waals surface area contributed by atoms with Gasteiger partial charge < -0.3 is 36.8 Å². The molecule has 310 valence electrons. The highest BCUT2D eigenvalue weighted by molar-refractivity contribution is 5.98. The number of aryl methyl sites for hydroxylation is 1. The number of anilines is 1. The number of benzene rings is 5. The number of carbonyl (C=O) groups excluding carboxylic acids is 5. The number of hydrogen-bond acceptors (Lipinski definition) is 7. The van der Waals surface area contributed by atoms with Crippen LogP contribution in [-0.4, -0.2) is 76.0 Å². The summed E-state index contributed by atoms with van der Waals surface area (Å²) < 4.78 is 0. The molecule has 0 bridgehead atoms. The van der Waals surface area contributed by atoms with E-state index in [2.05, 4.69) is 26.6 Å². The van der Waals surface area contributed by atoms with E-state index in [0.29, 0.717) is 22.4 Å². The SMILES string of the molecule is Cc1ccc(NC(=O)C(O)CC(=O)NC(Cc2ccccc2)C(=O)NC(Cc2ccc(-c3ccccc3)cc2)C(=O)NC(Cc2ccccc2)C(=O)NC(C)C(=O)O)cc1. The van der Waals surface area contributed by atoms with E-state index in [1.165, 1.54) is 6.92 Å². The van der Waals surface area contributed by atoms with Gasteiger partial charge in [0.2, 0.25) is 23.6 Å². The summed E-state index contributed by atoms with van der Waals surface area (Å²) in [4.78, 5) is 79.8. The van der Waals surface area contributed by atoms with E-state index in [-0.39, 0.29) is 19.3 Å². The molecule has 0 spiro atoms. The lowest BCUT2D eigenvalue weighted by Gasteiger charge is -2.26. The van der Waals surface area contributed by atoms with Crippen molar-refractivity contribution in [3.8, 4) is 11.1 Å². The van der Waals surface area contributed by atoms with Crippen LogP contribution in [0.25, 0.3) is 11.1 Å². The molecule has 13 heteroatoms. The summed E-state index contributed by atoms with van der Waals surface area (Å²) in [5.41, 5.74) is 5.36. The van der Waals surface area contributed by atoms with Gasteiger partial charge in [0.15, 0.2) is 0 Å². The van der Waals surface area contributed by atoms with Gasteiger partial charge in [-0.05, 0) is 53.8 Å². The van der Waals surface area contributed by atoms with Gasteiger partial charge in [-0.3, -0.25) is 28.8 Å². The molecule has 5 amide bonds. The minimum absolute atomic E-state index is 0.00367. The molecule has 0 fully saturated rings. The van der Waals surface area contributed by atoms with E-state index in [1.54, 1.807) is 84.9 Å². The first-order valence-corrected chi connectivity index (χ1v) is 19.6. The number of hydrogen-bond donors (Lipinski definition) is 7. The van der Waals surface area contributed by atoms with Gasteiger partial charge in [0, 0.05) is 24.9 Å². The van der Waals surface area contributed by atoms with Crippen molar-refractivity contribution in [1.82, 2.24) is 21.3 Å². The van der Waals surface area contributed by atoms with Gasteiger partial charge in [0.25, 0.3) is 5.91 Å². The third kappa shape index (κ3) is 13.5. The molecule has 0 aliphatic heterocycles. The number of carbonyl (C=O) groups is 6. The Balaban J connectivity index is 1.39. The Bertz CT molecular complexity index is 2220. The smallest absolute Gasteiger partial charge is 0.325 e. The van der Waals surface area contributed by atoms with Crippen molar-refractivity contribution < 1.29 is 39.0 Å². The van der Waals surface area contributed by atoms with Gasteiger partial charge in [0.05, 0.1) is 6.42 Å². The molecule has 0 aliphatic carbocycles. The zero-order valence-electron chi connectivity index (χ0n) is 33.3. The Hall–Kier alpha value is -7.12. The molecule has 0 aromatic heterocycles. The molecule has 13 nitrogen and oxygen atoms in total. The number of amides is 5. The molecule has 5 unspecified atom stereocenters. The maximum absolute atomic E-state index is 14.3. The fraction of sp³-hybridized carbons (Fsp3) is 0.234. The molecule has 5 aromatic carbocycles. The van der Waals surface area contributed by atoms with E-state index >= 15 is 0 Å². The minimum Gasteiger partial charge on any atom is -0.480 e. The van der Waals surface area contributed by atoms with Crippen molar-refractivity contribution in [3.63, 3.8) is 0 Å². The molecular formula is C47H49N5O8. The average Bonchev–Trinajstić information content (AvgIpc) is 3.24. The van der Waals surface area contributed by atoms with Gasteiger partial charge in [-0.15, -0.1) is 0 Å². The summed E-state index contributed by atoms with van der Waals surface area (Å²) in [5.74, 6) is -5.07. The number of carboxylic acids is 1. The van der Waals surface area contributed by atoms with E-state index in [9.17, 15) is 39.0 Å². The fourth-order valence-corrected chi connectivity index (χ4v) is 6.33. The number of carboxylic acid groups (broad SMARTS) is 1. The summed E-state index contributed by atoms with van der Waals surface area (Å²) in [6.07, 6.45) is -2.40. The number of nitrogens with one attached hydrogen (secondary N) is 5. The molecule has 0 saturated carbocycles. The van der Waals surface area contributed by atoms with Crippen LogP contribution < -0.4 is 26.6 Å². The average molecular weight is 812 g/mol. The maximum atomic E-state index is 14.3. The Labute approximate surface area is 348 Å². The second-order valence-electron chi connectivity index (χ2n) is 14.5. The summed E-state index contributed by atoms with van der Waals surface area (Å²) >= 11 is 0. The van der Waals surface area contributed by atoms with Crippen LogP contribution in [0.15, 0.2) is 140 Å². The lowest BCUT2D eigenvalue weighted by Crippen LogP contribution is -2.59. The number of aliphatic hydroxyl groups excluding tert-OH is 1. The molecule has 5 atom stereocenters. The van der Waals surface area contributed by atoms with Crippen molar-refractivity contribution in [1.29, 1.82) is 0 Å². The maximum Gasteiger partial charge on any atom is 0.325 e. The van der Waals surface area contributed by atoms with Gasteiger partial charge >= 0.3 is 5.97 Å². The van der Waals surface area contributed by atoms with Crippen LogP contribution in [-0.2, 0) is 48.0 Å². The number of aliphatic carboxylic acids is 1. The second kappa shape index (κ2) is 21.6. The second-order valence-corrected chi connectivity index (χ2v) is 14.5. The molecule has 7 N–H and O–H groups in total. The standard InChI is InChI=1S/C47H49N5O8/c1-30-18-24-37(25-19-30)49-46(58)41(53)29-42(54)50-38(26-32-12-6-3-7-13-32)44(56)52-40(28-34-20-22-36(23-21-34)35-16-10-5-11-17-35)45(57)51-39(27-33-14-8-4-9-15-33)43(55)48-31(2)47(59)60/h3-25,31,38-41,53H,26-29H2,1-2H3,(H,48,55)(H,49,58)(H,50,54)(H,51,57)(H,52,56)(H,59,60). The molecular weight excluding hydrogens is 763 g/mol. The van der Waals surface area contributed by atoms with E-state index in [1.807, 2.05) is 61.5 Å². The van der Waals surface area contributed by atoms with Gasteiger partial charge in [-0.25, -0.2) is 0 Å². The van der Waals surface area contributed by atoms with Gasteiger partial charge in [0.1, 0.15) is 30.3 Å². The normalized spacial score (nSPS) is 13.3. The minimum atomic E-state index is -1.74. The Morgan fingerprint density at radius 2 is 0.917 bits per heavy atom. The Morgan fingerprint density at radius 3 is 1.40 bits per heavy atom. The van der Waals surface area contributed by atoms with Crippen LogP contribution in [0.2, 0.25) is 0 Å². The highest BCUT2D eigenvalue weighted by atomic mass is 16.4. The first-order valence-electron chi connectivity index (χ1n) is 19.6. The van der Waals surface area contributed by atoms with Crippen LogP contribution in [0, 0.1) is 6.92 Å². The highest BCUT2D eigenvalue weighted by Crippen LogP contribution is 2.20. The van der Waals surface area contributed by atoms with E-state index in [4.69, 9.17) is 0 Å². The van der Waals surface area contributed by atoms with Crippen molar-refractivity contribution in [2.45, 2.75) is 69.8 Å². The molecule has 0 aliphatic rings. The van der Waals surface area contributed by atoms with Crippen molar-refractivity contribution in [3.05, 3.63) is 162 Å². The summed E-state index contributed by atoms with van der Waals surface area (Å²) in [6.45, 7) is 3.19. The quantitative estimate of drug-likeness (QED) is 0.0645. The summed E-state index contributed by atoms with van der Waals surface area (Å²) in [7, 11) is 0. The van der Waals surface area contributed by atoms with Crippen molar-refractivity contribution >= 4 is 41.2 Å². The summed E-state index contributed by atoms with van der Waals surface area (Å²) in [6, 6.07) is 36.7. The molecule has 0 saturated heterocycles. The predicted octanol–water partition coefficient (Wildman–Crippen LogP) is 4.12. The van der Waals surface area contributed by atoms with Crippen molar-refractivity contribution in [2.75, 3.05) is 5.32 Å². The van der Waals surface area contributed by atoms with Crippen LogP contribution in [0.4, 0.5) is 5.69 Å². The van der Waals surface area contributed by atoms with Gasteiger partial charge in [-0.1, -0.05) is 133 Å². The van der Waals surface area contributed by atoms with E-state index < -0.39 is 72.2 Å². The number of rotatable bonds is 19. The monoisotopic (exact) mass is 811 g/mol. The fourth-order valence-electron chi connectivity index (χ4n) is 6.33. The first kappa shape index (κ1) is 44.0. The zero-order chi connectivity index (χ0) is 43.0. The lowest BCUT2D eigenvalue weighted by atomic mass is 9.98. The van der Waals surface area contributed by atoms with E-state index in [0.717, 1.165) is 16.7 Å². The Kier molecular flexibility index (Phi) is 15.8. The van der Waals surface area contributed by atoms with Gasteiger partial charge in [-0.2, -0.15) is 0 Å². The van der Waals surface area contributed by atoms with Crippen LogP contribution in [0.5, 0.6) is 0 Å². The molecule has 60 heavy (non-hydrogen) atoms. The van der Waals surface area contributed by atoms with Crippen LogP contribution in [0.1, 0.15) is 35.6 Å². The van der Waals surface area contributed by atoms with Crippen LogP contribution in [0.3, 0.4) is 0 Å². The summed E-state index contributed by atoms with van der Waals surface area (Å²) in [5, 5.41) is 33.3. The molecule has 0 radical (unpaired) electrons. The zero-order valence-corrected chi connectivity index (χ0v) is 33.3. The first-order chi connectivity index (χ1) is 28.8. The molecule has 5 rings (SSSR count). The topological polar surface area (TPSA) is 203 Å². The molecule has 0 heterocycles. The third-order valence-corrected chi connectivity index (χ3v) is 9.71. The third-order valence-electron chi connectivity index (χ3n) is 9.71. The predicted molar refractivity (Wildman–Crippen MR) is 227 cm³/mol. The number of aliphatic hydroxyl groups is 1. The molecule has 5 aromatic rings. The highest BCUT2D eigenvalue weighted by Gasteiger charge is 2.32.